The number of hydrogen-bond acceptors (Lipinski definition) is 4. The van der Waals surface area contributed by atoms with Crippen molar-refractivity contribution >= 4 is 22.8 Å². The van der Waals surface area contributed by atoms with Gasteiger partial charge in [0.2, 0.25) is 5.91 Å². The van der Waals surface area contributed by atoms with E-state index in [0.29, 0.717) is 24.1 Å². The number of hydrogen-bond donors (Lipinski definition) is 0. The molecule has 0 spiro atoms. The van der Waals surface area contributed by atoms with E-state index in [1.165, 1.54) is 4.57 Å². The Morgan fingerprint density at radius 2 is 1.96 bits per heavy atom. The summed E-state index contributed by atoms with van der Waals surface area (Å²) in [5, 5.41) is 0. The second-order valence-corrected chi connectivity index (χ2v) is 7.48. The molecule has 2 bridgehead atoms. The number of piperidine rings is 1. The summed E-state index contributed by atoms with van der Waals surface area (Å²) < 4.78 is 1.47. The molecular formula is C20H24N4O3. The molecular weight excluding hydrogens is 344 g/mol. The van der Waals surface area contributed by atoms with Crippen LogP contribution in [0.2, 0.25) is 0 Å². The van der Waals surface area contributed by atoms with Crippen molar-refractivity contribution in [1.82, 2.24) is 19.4 Å². The van der Waals surface area contributed by atoms with E-state index in [1.54, 1.807) is 18.0 Å². The summed E-state index contributed by atoms with van der Waals surface area (Å²) in [6.07, 6.45) is 2.61. The first kappa shape index (κ1) is 17.7. The Hall–Kier alpha value is -2.70. The van der Waals surface area contributed by atoms with Crippen molar-refractivity contribution in [2.75, 3.05) is 19.6 Å². The van der Waals surface area contributed by atoms with Gasteiger partial charge in [0, 0.05) is 32.7 Å². The molecule has 7 nitrogen and oxygen atoms in total. The Labute approximate surface area is 157 Å². The zero-order valence-electron chi connectivity index (χ0n) is 15.7. The quantitative estimate of drug-likeness (QED) is 0.821. The van der Waals surface area contributed by atoms with Gasteiger partial charge in [-0.3, -0.25) is 14.4 Å². The lowest BCUT2D eigenvalue weighted by Crippen LogP contribution is -2.48. The number of amides is 2. The van der Waals surface area contributed by atoms with Crippen LogP contribution in [0.4, 0.5) is 0 Å². The van der Waals surface area contributed by atoms with E-state index < -0.39 is 5.56 Å². The second-order valence-electron chi connectivity index (χ2n) is 7.48. The molecule has 3 saturated heterocycles. The van der Waals surface area contributed by atoms with Crippen LogP contribution in [0.5, 0.6) is 0 Å². The number of rotatable bonds is 3. The van der Waals surface area contributed by atoms with Gasteiger partial charge in [-0.15, -0.1) is 0 Å². The Kier molecular flexibility index (Phi) is 4.45. The first-order chi connectivity index (χ1) is 13.0. The van der Waals surface area contributed by atoms with Crippen molar-refractivity contribution < 1.29 is 9.59 Å². The van der Waals surface area contributed by atoms with Crippen LogP contribution in [-0.4, -0.2) is 56.8 Å². The minimum Gasteiger partial charge on any atom is -0.338 e. The van der Waals surface area contributed by atoms with E-state index in [-0.39, 0.29) is 29.5 Å². The molecule has 27 heavy (non-hydrogen) atoms. The highest BCUT2D eigenvalue weighted by atomic mass is 16.2. The number of benzene rings is 1. The monoisotopic (exact) mass is 368 g/mol. The first-order valence-electron chi connectivity index (χ1n) is 9.56. The largest absolute Gasteiger partial charge is 0.338 e. The van der Waals surface area contributed by atoms with Gasteiger partial charge in [-0.1, -0.05) is 19.1 Å². The van der Waals surface area contributed by atoms with E-state index >= 15 is 0 Å². The first-order valence-corrected chi connectivity index (χ1v) is 9.56. The van der Waals surface area contributed by atoms with Crippen LogP contribution >= 0.6 is 0 Å². The van der Waals surface area contributed by atoms with Crippen molar-refractivity contribution in [1.29, 1.82) is 0 Å². The molecule has 142 valence electrons. The van der Waals surface area contributed by atoms with Crippen LogP contribution in [-0.2, 0) is 11.8 Å². The number of carbonyl (C=O) groups is 2. The normalized spacial score (nSPS) is 22.4. The van der Waals surface area contributed by atoms with E-state index in [0.717, 1.165) is 25.8 Å². The van der Waals surface area contributed by atoms with Crippen molar-refractivity contribution in [3.05, 3.63) is 40.3 Å². The minimum atomic E-state index is -0.396. The van der Waals surface area contributed by atoms with Gasteiger partial charge in [-0.25, -0.2) is 4.98 Å². The summed E-state index contributed by atoms with van der Waals surface area (Å²) in [6.45, 7) is 3.61. The summed E-state index contributed by atoms with van der Waals surface area (Å²) in [7, 11) is 1.65. The van der Waals surface area contributed by atoms with Gasteiger partial charge < -0.3 is 14.4 Å². The number of nitrogens with zero attached hydrogens (tertiary/aromatic N) is 4. The van der Waals surface area contributed by atoms with E-state index in [4.69, 9.17) is 0 Å². The maximum absolute atomic E-state index is 13.2. The zero-order valence-corrected chi connectivity index (χ0v) is 15.7. The van der Waals surface area contributed by atoms with Gasteiger partial charge in [0.05, 0.1) is 17.0 Å². The summed E-state index contributed by atoms with van der Waals surface area (Å²) in [5.74, 6) is -0.407. The molecule has 3 aliphatic heterocycles. The standard InChI is InChI=1S/C20H24N4O3/c1-3-10-24-14-9-8-13(18(24)25)11-23(12-14)20(27)17-19(26)22(2)16-7-5-4-6-15(16)21-17/h4-7,13-14H,3,8-12H2,1-2H3/t13-,14+/m0/s1. The van der Waals surface area contributed by atoms with Crippen LogP contribution in [0.3, 0.4) is 0 Å². The molecule has 1 aromatic carbocycles. The van der Waals surface area contributed by atoms with Crippen molar-refractivity contribution in [2.24, 2.45) is 13.0 Å². The van der Waals surface area contributed by atoms with Crippen molar-refractivity contribution in [3.63, 3.8) is 0 Å². The van der Waals surface area contributed by atoms with Gasteiger partial charge in [0.15, 0.2) is 5.69 Å². The SMILES string of the molecule is CCCN1C(=O)[C@H]2CC[C@@H]1CN(C(=O)c1nc3ccccc3n(C)c1=O)C2. The van der Waals surface area contributed by atoms with Gasteiger partial charge in [-0.05, 0) is 31.4 Å². The van der Waals surface area contributed by atoms with E-state index in [9.17, 15) is 14.4 Å². The fourth-order valence-corrected chi connectivity index (χ4v) is 4.31. The highest BCUT2D eigenvalue weighted by Gasteiger charge is 2.42. The zero-order chi connectivity index (χ0) is 19.1. The molecule has 0 aliphatic carbocycles. The Bertz CT molecular complexity index is 967. The van der Waals surface area contributed by atoms with Gasteiger partial charge in [-0.2, -0.15) is 0 Å². The number of aryl methyl sites for hydroxylation is 1. The number of aromatic nitrogens is 2. The molecule has 3 aliphatic rings. The maximum Gasteiger partial charge on any atom is 0.282 e. The van der Waals surface area contributed by atoms with Crippen LogP contribution in [0.25, 0.3) is 11.0 Å². The van der Waals surface area contributed by atoms with Crippen LogP contribution in [0.1, 0.15) is 36.7 Å². The smallest absolute Gasteiger partial charge is 0.282 e. The second kappa shape index (κ2) is 6.79. The fourth-order valence-electron chi connectivity index (χ4n) is 4.31. The van der Waals surface area contributed by atoms with Crippen LogP contribution in [0, 0.1) is 5.92 Å². The average Bonchev–Trinajstić information content (AvgIpc) is 2.97. The van der Waals surface area contributed by atoms with Gasteiger partial charge in [0.1, 0.15) is 0 Å². The average molecular weight is 368 g/mol. The Morgan fingerprint density at radius 1 is 1.19 bits per heavy atom. The molecule has 4 heterocycles. The highest BCUT2D eigenvalue weighted by Crippen LogP contribution is 2.29. The minimum absolute atomic E-state index is 0.0319. The van der Waals surface area contributed by atoms with Crippen LogP contribution < -0.4 is 5.56 Å². The molecule has 2 atom stereocenters. The van der Waals surface area contributed by atoms with Crippen LogP contribution in [0.15, 0.2) is 29.1 Å². The fraction of sp³-hybridized carbons (Fsp3) is 0.500. The predicted octanol–water partition coefficient (Wildman–Crippen LogP) is 1.41. The topological polar surface area (TPSA) is 75.5 Å². The summed E-state index contributed by atoms with van der Waals surface area (Å²) in [5.41, 5.74) is 0.850. The number of para-hydroxylation sites is 2. The molecule has 1 aromatic heterocycles. The maximum atomic E-state index is 13.2. The molecule has 2 amide bonds. The number of carbonyl (C=O) groups excluding carboxylic acids is 2. The third-order valence-corrected chi connectivity index (χ3v) is 5.73. The third-order valence-electron chi connectivity index (χ3n) is 5.73. The lowest BCUT2D eigenvalue weighted by molar-refractivity contribution is -0.139. The third kappa shape index (κ3) is 2.91. The molecule has 5 rings (SSSR count). The van der Waals surface area contributed by atoms with Crippen molar-refractivity contribution in [3.8, 4) is 0 Å². The lowest BCUT2D eigenvalue weighted by atomic mass is 9.94. The van der Waals surface area contributed by atoms with E-state index in [2.05, 4.69) is 11.9 Å². The Balaban J connectivity index is 1.70. The molecule has 3 fully saturated rings. The molecule has 0 saturated carbocycles. The molecule has 2 aromatic rings. The summed E-state index contributed by atoms with van der Waals surface area (Å²) in [4.78, 5) is 46.6. The molecule has 7 heteroatoms. The molecule has 0 unspecified atom stereocenters. The summed E-state index contributed by atoms with van der Waals surface area (Å²) in [6, 6.07) is 7.31. The lowest BCUT2D eigenvalue weighted by Gasteiger charge is -2.35. The summed E-state index contributed by atoms with van der Waals surface area (Å²) >= 11 is 0. The predicted molar refractivity (Wildman–Crippen MR) is 101 cm³/mol. The van der Waals surface area contributed by atoms with E-state index in [1.807, 2.05) is 23.1 Å². The van der Waals surface area contributed by atoms with Crippen molar-refractivity contribution in [2.45, 2.75) is 32.2 Å². The highest BCUT2D eigenvalue weighted by molar-refractivity contribution is 5.94. The van der Waals surface area contributed by atoms with Gasteiger partial charge >= 0.3 is 0 Å². The number of fused-ring (bicyclic) bond motifs is 5. The molecule has 0 radical (unpaired) electrons. The Morgan fingerprint density at radius 3 is 2.74 bits per heavy atom. The molecule has 0 N–H and O–H groups in total. The van der Waals surface area contributed by atoms with Gasteiger partial charge in [0.25, 0.3) is 11.5 Å².